The van der Waals surface area contributed by atoms with Crippen LogP contribution in [0.3, 0.4) is 0 Å². The van der Waals surface area contributed by atoms with E-state index in [1.165, 1.54) is 4.90 Å². The van der Waals surface area contributed by atoms with Crippen LogP contribution in [0.1, 0.15) is 11.1 Å². The van der Waals surface area contributed by atoms with Crippen molar-refractivity contribution in [3.8, 4) is 0 Å². The summed E-state index contributed by atoms with van der Waals surface area (Å²) >= 11 is 0. The summed E-state index contributed by atoms with van der Waals surface area (Å²) in [6.07, 6.45) is -0.257. The lowest BCUT2D eigenvalue weighted by Crippen LogP contribution is -2.46. The average Bonchev–Trinajstić information content (AvgIpc) is 2.78. The van der Waals surface area contributed by atoms with Gasteiger partial charge >= 0.3 is 12.1 Å². The van der Waals surface area contributed by atoms with Crippen LogP contribution in [0.5, 0.6) is 0 Å². The maximum absolute atomic E-state index is 12.6. The first kappa shape index (κ1) is 23.4. The van der Waals surface area contributed by atoms with Crippen molar-refractivity contribution in [1.82, 2.24) is 15.5 Å². The number of hydrogen-bond donors (Lipinski definition) is 3. The molecule has 0 unspecified atom stereocenters. The molecule has 0 saturated heterocycles. The summed E-state index contributed by atoms with van der Waals surface area (Å²) in [6, 6.07) is 18.5. The molecule has 0 aromatic heterocycles. The molecule has 0 aliphatic heterocycles. The highest BCUT2D eigenvalue weighted by atomic mass is 16.5. The highest BCUT2D eigenvalue weighted by Gasteiger charge is 2.18. The van der Waals surface area contributed by atoms with Crippen LogP contribution in [-0.4, -0.2) is 60.1 Å². The number of carbonyl (C=O) groups is 4. The standard InChI is InChI=1S/C22H25N3O6/c26-19(23-14-21(28)29)15-25(12-11-17-7-3-1-4-8-17)20(27)13-24-22(30)31-16-18-9-5-2-6-10-18/h1-10H,11-16H2,(H,23,26)(H,24,30)(H,28,29). The van der Waals surface area contributed by atoms with Crippen molar-refractivity contribution in [3.05, 3.63) is 71.8 Å². The van der Waals surface area contributed by atoms with Crippen LogP contribution in [0.4, 0.5) is 4.79 Å². The fourth-order valence-electron chi connectivity index (χ4n) is 2.64. The first-order valence-corrected chi connectivity index (χ1v) is 9.69. The second-order valence-electron chi connectivity index (χ2n) is 6.64. The zero-order valence-corrected chi connectivity index (χ0v) is 17.0. The molecule has 2 rings (SSSR count). The Morgan fingerprint density at radius 1 is 0.839 bits per heavy atom. The van der Waals surface area contributed by atoms with E-state index < -0.39 is 30.4 Å². The van der Waals surface area contributed by atoms with Crippen molar-refractivity contribution < 1.29 is 29.0 Å². The molecule has 164 valence electrons. The largest absolute Gasteiger partial charge is 0.480 e. The minimum absolute atomic E-state index is 0.0657. The third-order valence-electron chi connectivity index (χ3n) is 4.23. The molecule has 0 heterocycles. The van der Waals surface area contributed by atoms with E-state index >= 15 is 0 Å². The molecule has 9 heteroatoms. The molecule has 0 radical (unpaired) electrons. The second-order valence-corrected chi connectivity index (χ2v) is 6.64. The minimum Gasteiger partial charge on any atom is -0.480 e. The smallest absolute Gasteiger partial charge is 0.407 e. The van der Waals surface area contributed by atoms with Crippen LogP contribution in [0, 0.1) is 0 Å². The van der Waals surface area contributed by atoms with Gasteiger partial charge in [0, 0.05) is 6.54 Å². The van der Waals surface area contributed by atoms with Crippen molar-refractivity contribution in [2.24, 2.45) is 0 Å². The number of alkyl carbamates (subject to hydrolysis) is 1. The van der Waals surface area contributed by atoms with Crippen molar-refractivity contribution >= 4 is 23.9 Å². The van der Waals surface area contributed by atoms with Gasteiger partial charge in [-0.3, -0.25) is 14.4 Å². The van der Waals surface area contributed by atoms with Gasteiger partial charge in [0.15, 0.2) is 0 Å². The second kappa shape index (κ2) is 12.6. The van der Waals surface area contributed by atoms with E-state index in [1.54, 1.807) is 12.1 Å². The number of benzene rings is 2. The number of carboxylic acids is 1. The molecule has 0 saturated carbocycles. The number of nitrogens with one attached hydrogen (secondary N) is 2. The van der Waals surface area contributed by atoms with E-state index in [1.807, 2.05) is 48.5 Å². The molecule has 3 amide bonds. The molecular formula is C22H25N3O6. The van der Waals surface area contributed by atoms with Gasteiger partial charge < -0.3 is 25.4 Å². The SMILES string of the molecule is O=C(O)CNC(=O)CN(CCc1ccccc1)C(=O)CNC(=O)OCc1ccccc1. The van der Waals surface area contributed by atoms with E-state index in [0.29, 0.717) is 6.42 Å². The molecular weight excluding hydrogens is 402 g/mol. The number of ether oxygens (including phenoxy) is 1. The summed E-state index contributed by atoms with van der Waals surface area (Å²) in [7, 11) is 0. The molecule has 9 nitrogen and oxygen atoms in total. The number of amides is 3. The van der Waals surface area contributed by atoms with Crippen molar-refractivity contribution in [2.75, 3.05) is 26.2 Å². The van der Waals surface area contributed by atoms with Crippen LogP contribution in [-0.2, 0) is 32.1 Å². The third-order valence-corrected chi connectivity index (χ3v) is 4.23. The summed E-state index contributed by atoms with van der Waals surface area (Å²) in [6.45, 7) is -0.918. The van der Waals surface area contributed by atoms with E-state index in [9.17, 15) is 19.2 Å². The quantitative estimate of drug-likeness (QED) is 0.495. The topological polar surface area (TPSA) is 125 Å². The van der Waals surface area contributed by atoms with Crippen LogP contribution in [0.2, 0.25) is 0 Å². The molecule has 2 aromatic carbocycles. The molecule has 3 N–H and O–H groups in total. The molecule has 0 spiro atoms. The van der Waals surface area contributed by atoms with Gasteiger partial charge in [-0.2, -0.15) is 0 Å². The minimum atomic E-state index is -1.18. The summed E-state index contributed by atoms with van der Waals surface area (Å²) in [5.74, 6) is -2.27. The first-order valence-electron chi connectivity index (χ1n) is 9.69. The lowest BCUT2D eigenvalue weighted by Gasteiger charge is -2.22. The molecule has 0 bridgehead atoms. The first-order chi connectivity index (χ1) is 14.9. The van der Waals surface area contributed by atoms with E-state index in [0.717, 1.165) is 11.1 Å². The maximum Gasteiger partial charge on any atom is 0.407 e. The molecule has 0 aliphatic rings. The number of rotatable bonds is 11. The number of aliphatic carboxylic acids is 1. The van der Waals surface area contributed by atoms with Gasteiger partial charge in [-0.05, 0) is 17.5 Å². The van der Waals surface area contributed by atoms with Crippen molar-refractivity contribution in [2.45, 2.75) is 13.0 Å². The van der Waals surface area contributed by atoms with Crippen molar-refractivity contribution in [3.63, 3.8) is 0 Å². The Morgan fingerprint density at radius 2 is 1.45 bits per heavy atom. The fourth-order valence-corrected chi connectivity index (χ4v) is 2.64. The Kier molecular flexibility index (Phi) is 9.54. The highest BCUT2D eigenvalue weighted by Crippen LogP contribution is 2.03. The Morgan fingerprint density at radius 3 is 2.06 bits per heavy atom. The monoisotopic (exact) mass is 427 g/mol. The molecule has 0 fully saturated rings. The van der Waals surface area contributed by atoms with Crippen molar-refractivity contribution in [1.29, 1.82) is 0 Å². The van der Waals surface area contributed by atoms with Gasteiger partial charge in [-0.15, -0.1) is 0 Å². The molecule has 0 aliphatic carbocycles. The maximum atomic E-state index is 12.6. The Balaban J connectivity index is 1.87. The summed E-state index contributed by atoms with van der Waals surface area (Å²) in [4.78, 5) is 48.3. The zero-order chi connectivity index (χ0) is 22.5. The van der Waals surface area contributed by atoms with Crippen LogP contribution in [0.15, 0.2) is 60.7 Å². The Bertz CT molecular complexity index is 873. The highest BCUT2D eigenvalue weighted by molar-refractivity contribution is 5.88. The lowest BCUT2D eigenvalue weighted by molar-refractivity contribution is -0.139. The van der Waals surface area contributed by atoms with Crippen LogP contribution < -0.4 is 10.6 Å². The van der Waals surface area contributed by atoms with Gasteiger partial charge in [-0.1, -0.05) is 60.7 Å². The van der Waals surface area contributed by atoms with Gasteiger partial charge in [-0.25, -0.2) is 4.79 Å². The number of hydrogen-bond acceptors (Lipinski definition) is 5. The predicted molar refractivity (Wildman–Crippen MR) is 112 cm³/mol. The van der Waals surface area contributed by atoms with E-state index in [4.69, 9.17) is 9.84 Å². The predicted octanol–water partition coefficient (Wildman–Crippen LogP) is 1.18. The summed E-state index contributed by atoms with van der Waals surface area (Å²) < 4.78 is 5.07. The average molecular weight is 427 g/mol. The number of carbonyl (C=O) groups excluding carboxylic acids is 3. The number of carboxylic acid groups (broad SMARTS) is 1. The van der Waals surface area contributed by atoms with Gasteiger partial charge in [0.05, 0.1) is 6.54 Å². The van der Waals surface area contributed by atoms with Gasteiger partial charge in [0.1, 0.15) is 19.7 Å². The van der Waals surface area contributed by atoms with Crippen LogP contribution in [0.25, 0.3) is 0 Å². The summed E-state index contributed by atoms with van der Waals surface area (Å²) in [5, 5.41) is 13.3. The normalized spacial score (nSPS) is 10.1. The van der Waals surface area contributed by atoms with E-state index in [2.05, 4.69) is 10.6 Å². The number of nitrogens with zero attached hydrogens (tertiary/aromatic N) is 1. The van der Waals surface area contributed by atoms with Gasteiger partial charge in [0.2, 0.25) is 11.8 Å². The summed E-state index contributed by atoms with van der Waals surface area (Å²) in [5.41, 5.74) is 1.78. The van der Waals surface area contributed by atoms with Crippen LogP contribution >= 0.6 is 0 Å². The molecule has 31 heavy (non-hydrogen) atoms. The van der Waals surface area contributed by atoms with E-state index in [-0.39, 0.29) is 26.2 Å². The zero-order valence-electron chi connectivity index (χ0n) is 17.0. The lowest BCUT2D eigenvalue weighted by atomic mass is 10.1. The Hall–Kier alpha value is -3.88. The molecule has 2 aromatic rings. The third kappa shape index (κ3) is 9.44. The Labute approximate surface area is 180 Å². The van der Waals surface area contributed by atoms with Gasteiger partial charge in [0.25, 0.3) is 0 Å². The fraction of sp³-hybridized carbons (Fsp3) is 0.273. The molecule has 0 atom stereocenters.